The molecule has 2 aromatic rings. The molecule has 2 aromatic carbocycles. The lowest BCUT2D eigenvalue weighted by molar-refractivity contribution is -0.132. The predicted molar refractivity (Wildman–Crippen MR) is 104 cm³/mol. The first kappa shape index (κ1) is 19.7. The van der Waals surface area contributed by atoms with Crippen LogP contribution in [0.4, 0.5) is 5.69 Å². The van der Waals surface area contributed by atoms with Crippen LogP contribution in [0.25, 0.3) is 6.08 Å². The van der Waals surface area contributed by atoms with Gasteiger partial charge in [-0.25, -0.2) is 5.01 Å². The number of hydrogen-bond acceptors (Lipinski definition) is 5. The van der Waals surface area contributed by atoms with Crippen LogP contribution in [-0.4, -0.2) is 24.9 Å². The van der Waals surface area contributed by atoms with Crippen molar-refractivity contribution in [1.82, 2.24) is 5.43 Å². The molecule has 0 radical (unpaired) electrons. The Balaban J connectivity index is 1.92. The Morgan fingerprint density at radius 3 is 2.46 bits per heavy atom. The maximum atomic E-state index is 12.7. The molecular formula is C19H14Cl2N2O5. The van der Waals surface area contributed by atoms with E-state index in [2.05, 4.69) is 5.43 Å². The van der Waals surface area contributed by atoms with Gasteiger partial charge in [-0.15, -0.1) is 0 Å². The van der Waals surface area contributed by atoms with Crippen molar-refractivity contribution >= 4 is 52.7 Å². The van der Waals surface area contributed by atoms with Gasteiger partial charge in [0.2, 0.25) is 0 Å². The molecule has 3 rings (SSSR count). The van der Waals surface area contributed by atoms with Gasteiger partial charge >= 0.3 is 5.97 Å². The van der Waals surface area contributed by atoms with E-state index < -0.39 is 17.8 Å². The Hall–Kier alpha value is -3.03. The maximum absolute atomic E-state index is 12.7. The van der Waals surface area contributed by atoms with Crippen LogP contribution in [0.15, 0.2) is 42.0 Å². The number of esters is 1. The van der Waals surface area contributed by atoms with E-state index in [1.165, 1.54) is 38.3 Å². The number of rotatable bonds is 4. The van der Waals surface area contributed by atoms with E-state index in [0.717, 1.165) is 5.01 Å². The van der Waals surface area contributed by atoms with Gasteiger partial charge in [0, 0.05) is 6.92 Å². The number of methoxy groups -OCH3 is 1. The van der Waals surface area contributed by atoms with Crippen LogP contribution in [-0.2, 0) is 14.4 Å². The fourth-order valence-corrected chi connectivity index (χ4v) is 2.84. The number of nitrogens with zero attached hydrogens (tertiary/aromatic N) is 1. The van der Waals surface area contributed by atoms with Gasteiger partial charge in [-0.3, -0.25) is 19.8 Å². The second-order valence-corrected chi connectivity index (χ2v) is 6.56. The molecule has 9 heteroatoms. The van der Waals surface area contributed by atoms with Crippen LogP contribution < -0.4 is 19.9 Å². The molecule has 1 heterocycles. The third-order valence-electron chi connectivity index (χ3n) is 3.81. The molecule has 1 saturated heterocycles. The molecular weight excluding hydrogens is 407 g/mol. The minimum atomic E-state index is -0.570. The van der Waals surface area contributed by atoms with Crippen LogP contribution in [0.2, 0.25) is 10.0 Å². The fourth-order valence-electron chi connectivity index (χ4n) is 2.54. The van der Waals surface area contributed by atoms with Gasteiger partial charge in [0.25, 0.3) is 11.8 Å². The zero-order valence-corrected chi connectivity index (χ0v) is 16.3. The summed E-state index contributed by atoms with van der Waals surface area (Å²) in [5.74, 6) is -1.09. The van der Waals surface area contributed by atoms with Gasteiger partial charge in [0.15, 0.2) is 11.5 Å². The number of nitrogens with one attached hydrogen (secondary N) is 1. The number of amides is 2. The molecule has 28 heavy (non-hydrogen) atoms. The van der Waals surface area contributed by atoms with Gasteiger partial charge in [-0.05, 0) is 42.0 Å². The lowest BCUT2D eigenvalue weighted by atomic mass is 10.1. The molecule has 0 aliphatic carbocycles. The molecule has 2 amide bonds. The molecule has 0 saturated carbocycles. The number of hydrazine groups is 1. The zero-order valence-electron chi connectivity index (χ0n) is 14.8. The van der Waals surface area contributed by atoms with Crippen molar-refractivity contribution in [2.24, 2.45) is 0 Å². The molecule has 0 spiro atoms. The highest BCUT2D eigenvalue weighted by Gasteiger charge is 2.34. The topological polar surface area (TPSA) is 84.9 Å². The first-order valence-corrected chi connectivity index (χ1v) is 8.74. The lowest BCUT2D eigenvalue weighted by Crippen LogP contribution is -2.35. The number of carbonyl (C=O) groups is 3. The summed E-state index contributed by atoms with van der Waals surface area (Å²) in [4.78, 5) is 36.1. The minimum Gasteiger partial charge on any atom is -0.493 e. The predicted octanol–water partition coefficient (Wildman–Crippen LogP) is 3.39. The Kier molecular flexibility index (Phi) is 5.58. The first-order valence-electron chi connectivity index (χ1n) is 7.99. The van der Waals surface area contributed by atoms with Gasteiger partial charge < -0.3 is 9.47 Å². The van der Waals surface area contributed by atoms with E-state index in [1.807, 2.05) is 0 Å². The average molecular weight is 421 g/mol. The highest BCUT2D eigenvalue weighted by atomic mass is 35.5. The molecule has 1 aliphatic rings. The molecule has 1 aliphatic heterocycles. The van der Waals surface area contributed by atoms with Gasteiger partial charge in [0.1, 0.15) is 5.57 Å². The first-order chi connectivity index (χ1) is 13.3. The Morgan fingerprint density at radius 2 is 1.82 bits per heavy atom. The second-order valence-electron chi connectivity index (χ2n) is 5.74. The smallest absolute Gasteiger partial charge is 0.308 e. The summed E-state index contributed by atoms with van der Waals surface area (Å²) >= 11 is 11.9. The molecule has 0 atom stereocenters. The summed E-state index contributed by atoms with van der Waals surface area (Å²) in [6.45, 7) is 1.27. The number of carbonyl (C=O) groups excluding carboxylic acids is 3. The summed E-state index contributed by atoms with van der Waals surface area (Å²) in [5, 5.41) is 1.67. The van der Waals surface area contributed by atoms with E-state index in [-0.39, 0.29) is 22.1 Å². The van der Waals surface area contributed by atoms with E-state index in [1.54, 1.807) is 18.2 Å². The van der Waals surface area contributed by atoms with Gasteiger partial charge in [-0.1, -0.05) is 29.3 Å². The van der Waals surface area contributed by atoms with Crippen molar-refractivity contribution in [1.29, 1.82) is 0 Å². The second kappa shape index (κ2) is 7.92. The third-order valence-corrected chi connectivity index (χ3v) is 4.54. The number of benzene rings is 2. The van der Waals surface area contributed by atoms with Crippen molar-refractivity contribution < 1.29 is 23.9 Å². The van der Waals surface area contributed by atoms with Crippen molar-refractivity contribution in [2.75, 3.05) is 12.1 Å². The Labute approximate surface area is 170 Å². The molecule has 0 unspecified atom stereocenters. The van der Waals surface area contributed by atoms with E-state index in [4.69, 9.17) is 32.7 Å². The minimum absolute atomic E-state index is 0.0756. The number of anilines is 1. The quantitative estimate of drug-likeness (QED) is 0.354. The van der Waals surface area contributed by atoms with Crippen LogP contribution in [0.5, 0.6) is 11.5 Å². The van der Waals surface area contributed by atoms with Gasteiger partial charge in [0.05, 0.1) is 22.8 Å². The molecule has 1 N–H and O–H groups in total. The molecule has 1 fully saturated rings. The largest absolute Gasteiger partial charge is 0.493 e. The number of hydrogen-bond donors (Lipinski definition) is 1. The lowest BCUT2D eigenvalue weighted by Gasteiger charge is -2.15. The monoisotopic (exact) mass is 420 g/mol. The SMILES string of the molecule is COc1cc(/C=C2\C(=O)NN(c3ccc(Cl)c(Cl)c3)C2=O)ccc1OC(C)=O. The highest BCUT2D eigenvalue weighted by Crippen LogP contribution is 2.31. The summed E-state index contributed by atoms with van der Waals surface area (Å²) in [6.07, 6.45) is 1.41. The molecule has 0 aromatic heterocycles. The molecule has 7 nitrogen and oxygen atoms in total. The summed E-state index contributed by atoms with van der Waals surface area (Å²) in [6, 6.07) is 9.22. The molecule has 0 bridgehead atoms. The van der Waals surface area contributed by atoms with Crippen LogP contribution in [0.3, 0.4) is 0 Å². The van der Waals surface area contributed by atoms with Crippen molar-refractivity contribution in [3.8, 4) is 11.5 Å². The van der Waals surface area contributed by atoms with Crippen LogP contribution >= 0.6 is 23.2 Å². The van der Waals surface area contributed by atoms with E-state index in [0.29, 0.717) is 16.3 Å². The van der Waals surface area contributed by atoms with Crippen LogP contribution in [0.1, 0.15) is 12.5 Å². The molecule has 144 valence electrons. The zero-order chi connectivity index (χ0) is 20.4. The normalized spacial score (nSPS) is 15.0. The average Bonchev–Trinajstić information content (AvgIpc) is 2.93. The van der Waals surface area contributed by atoms with Crippen LogP contribution in [0, 0.1) is 0 Å². The van der Waals surface area contributed by atoms with E-state index in [9.17, 15) is 14.4 Å². The van der Waals surface area contributed by atoms with Crippen molar-refractivity contribution in [2.45, 2.75) is 6.92 Å². The number of ether oxygens (including phenoxy) is 2. The van der Waals surface area contributed by atoms with Gasteiger partial charge in [-0.2, -0.15) is 0 Å². The van der Waals surface area contributed by atoms with Crippen molar-refractivity contribution in [3.05, 3.63) is 57.6 Å². The van der Waals surface area contributed by atoms with E-state index >= 15 is 0 Å². The standard InChI is InChI=1S/C19H14Cl2N2O5/c1-10(24)28-16-6-3-11(8-17(16)27-2)7-13-18(25)22-23(19(13)26)12-4-5-14(20)15(21)9-12/h3-9H,1-2H3,(H,22,25)/b13-7+. The fraction of sp³-hybridized carbons (Fsp3) is 0.105. The highest BCUT2D eigenvalue weighted by molar-refractivity contribution is 6.42. The Bertz CT molecular complexity index is 1020. The summed E-state index contributed by atoms with van der Waals surface area (Å²) in [5.41, 5.74) is 3.29. The summed E-state index contributed by atoms with van der Waals surface area (Å²) < 4.78 is 10.2. The summed E-state index contributed by atoms with van der Waals surface area (Å²) in [7, 11) is 1.42. The third kappa shape index (κ3) is 3.95. The number of halogens is 2. The van der Waals surface area contributed by atoms with Crippen molar-refractivity contribution in [3.63, 3.8) is 0 Å². The maximum Gasteiger partial charge on any atom is 0.308 e. The Morgan fingerprint density at radius 1 is 1.07 bits per heavy atom.